The molecule has 0 fully saturated rings. The summed E-state index contributed by atoms with van der Waals surface area (Å²) >= 11 is 0. The molecule has 1 atom stereocenters. The molecule has 2 aromatic carbocycles. The molecule has 0 bridgehead atoms. The molecule has 2 amide bonds. The number of hydrazine groups is 1. The van der Waals surface area contributed by atoms with E-state index in [-0.39, 0.29) is 12.3 Å². The number of nitrogens with zero attached hydrogens (tertiary/aromatic N) is 2. The van der Waals surface area contributed by atoms with Gasteiger partial charge in [-0.3, -0.25) is 34.4 Å². The van der Waals surface area contributed by atoms with Gasteiger partial charge in [-0.05, 0) is 38.1 Å². The van der Waals surface area contributed by atoms with E-state index in [4.69, 9.17) is 4.74 Å². The predicted molar refractivity (Wildman–Crippen MR) is 111 cm³/mol. The normalized spacial score (nSPS) is 11.7. The predicted octanol–water partition coefficient (Wildman–Crippen LogP) is 0.937. The van der Waals surface area contributed by atoms with Crippen molar-refractivity contribution in [3.63, 3.8) is 0 Å². The van der Waals surface area contributed by atoms with Crippen LogP contribution in [0.15, 0.2) is 58.1 Å². The summed E-state index contributed by atoms with van der Waals surface area (Å²) in [6, 6.07) is 12.1. The Kier molecular flexibility index (Phi) is 6.49. The first kappa shape index (κ1) is 21.8. The number of rotatable bonds is 6. The second kappa shape index (κ2) is 9.24. The van der Waals surface area contributed by atoms with Gasteiger partial charge in [0.1, 0.15) is 6.54 Å². The van der Waals surface area contributed by atoms with E-state index in [0.717, 1.165) is 9.13 Å². The number of nitrogens with one attached hydrogen (secondary N) is 2. The number of fused-ring (bicyclic) bond motifs is 1. The Labute approximate surface area is 176 Å². The molecular formula is C21H21FN4O5. The zero-order chi connectivity index (χ0) is 22.5. The van der Waals surface area contributed by atoms with Crippen molar-refractivity contribution in [1.29, 1.82) is 0 Å². The molecule has 0 radical (unpaired) electrons. The number of benzene rings is 2. The standard InChI is InChI=1S/C21H21FN4O5/c1-3-25-20(29)14-8-4-6-10-16(14)26(21(25)30)12-18(27)23-24-19(28)13(2)31-17-11-7-5-9-15(17)22/h4-11,13H,3,12H2,1-2H3,(H,23,27)(H,24,28). The van der Waals surface area contributed by atoms with E-state index in [1.165, 1.54) is 25.1 Å². The number of aromatic nitrogens is 2. The van der Waals surface area contributed by atoms with Gasteiger partial charge in [-0.1, -0.05) is 24.3 Å². The molecule has 0 saturated heterocycles. The van der Waals surface area contributed by atoms with Crippen LogP contribution in [0.5, 0.6) is 5.75 Å². The van der Waals surface area contributed by atoms with E-state index in [2.05, 4.69) is 10.9 Å². The van der Waals surface area contributed by atoms with E-state index < -0.39 is 41.5 Å². The SMILES string of the molecule is CCn1c(=O)c2ccccc2n(CC(=O)NNC(=O)C(C)Oc2ccccc2F)c1=O. The van der Waals surface area contributed by atoms with Crippen molar-refractivity contribution in [3.8, 4) is 5.75 Å². The van der Waals surface area contributed by atoms with Crippen LogP contribution >= 0.6 is 0 Å². The largest absolute Gasteiger partial charge is 0.478 e. The quantitative estimate of drug-likeness (QED) is 0.568. The summed E-state index contributed by atoms with van der Waals surface area (Å²) in [5.74, 6) is -2.13. The number of hydrogen-bond acceptors (Lipinski definition) is 5. The Morgan fingerprint density at radius 2 is 1.71 bits per heavy atom. The topological polar surface area (TPSA) is 111 Å². The van der Waals surface area contributed by atoms with Crippen molar-refractivity contribution >= 4 is 22.7 Å². The summed E-state index contributed by atoms with van der Waals surface area (Å²) in [6.45, 7) is 2.76. The second-order valence-electron chi connectivity index (χ2n) is 6.66. The average molecular weight is 428 g/mol. The first-order valence-corrected chi connectivity index (χ1v) is 9.55. The summed E-state index contributed by atoms with van der Waals surface area (Å²) in [4.78, 5) is 49.6. The minimum absolute atomic E-state index is 0.101. The van der Waals surface area contributed by atoms with Gasteiger partial charge >= 0.3 is 5.69 Å². The molecular weight excluding hydrogens is 407 g/mol. The summed E-state index contributed by atoms with van der Waals surface area (Å²) in [5.41, 5.74) is 3.61. The Bertz CT molecular complexity index is 1250. The first-order chi connectivity index (χ1) is 14.8. The van der Waals surface area contributed by atoms with Crippen molar-refractivity contribution in [2.45, 2.75) is 33.0 Å². The summed E-state index contributed by atoms with van der Waals surface area (Å²) in [5, 5.41) is 0.299. The lowest BCUT2D eigenvalue weighted by atomic mass is 10.2. The zero-order valence-electron chi connectivity index (χ0n) is 16.9. The number of carbonyl (C=O) groups is 2. The number of carbonyl (C=O) groups excluding carboxylic acids is 2. The van der Waals surface area contributed by atoms with Gasteiger partial charge in [0.2, 0.25) is 0 Å². The molecule has 3 aromatic rings. The van der Waals surface area contributed by atoms with E-state index in [9.17, 15) is 23.6 Å². The minimum Gasteiger partial charge on any atom is -0.478 e. The van der Waals surface area contributed by atoms with Gasteiger partial charge in [0.15, 0.2) is 17.7 Å². The zero-order valence-corrected chi connectivity index (χ0v) is 16.9. The maximum absolute atomic E-state index is 13.6. The highest BCUT2D eigenvalue weighted by atomic mass is 19.1. The van der Waals surface area contributed by atoms with E-state index in [1.807, 2.05) is 0 Å². The molecule has 0 aliphatic carbocycles. The van der Waals surface area contributed by atoms with Crippen LogP contribution in [0.1, 0.15) is 13.8 Å². The van der Waals surface area contributed by atoms with Crippen LogP contribution in [0, 0.1) is 5.82 Å². The van der Waals surface area contributed by atoms with Gasteiger partial charge in [0, 0.05) is 6.54 Å². The lowest BCUT2D eigenvalue weighted by Gasteiger charge is -2.16. The van der Waals surface area contributed by atoms with Gasteiger partial charge < -0.3 is 4.74 Å². The van der Waals surface area contributed by atoms with Crippen LogP contribution in [0.2, 0.25) is 0 Å². The molecule has 162 valence electrons. The van der Waals surface area contributed by atoms with E-state index >= 15 is 0 Å². The van der Waals surface area contributed by atoms with E-state index in [0.29, 0.717) is 10.9 Å². The number of ether oxygens (including phenoxy) is 1. The third-order valence-electron chi connectivity index (χ3n) is 4.58. The average Bonchev–Trinajstić information content (AvgIpc) is 2.77. The van der Waals surface area contributed by atoms with Gasteiger partial charge in [-0.25, -0.2) is 9.18 Å². The van der Waals surface area contributed by atoms with Crippen LogP contribution < -0.4 is 26.8 Å². The first-order valence-electron chi connectivity index (χ1n) is 9.55. The van der Waals surface area contributed by atoms with Gasteiger partial charge in [-0.2, -0.15) is 0 Å². The second-order valence-corrected chi connectivity index (χ2v) is 6.66. The maximum atomic E-state index is 13.6. The third kappa shape index (κ3) is 4.63. The molecule has 0 aliphatic rings. The smallest absolute Gasteiger partial charge is 0.331 e. The third-order valence-corrected chi connectivity index (χ3v) is 4.58. The van der Waals surface area contributed by atoms with Gasteiger partial charge in [0.05, 0.1) is 10.9 Å². The van der Waals surface area contributed by atoms with Crippen LogP contribution in [0.3, 0.4) is 0 Å². The molecule has 1 aromatic heterocycles. The molecule has 1 heterocycles. The van der Waals surface area contributed by atoms with Crippen LogP contribution in [-0.2, 0) is 22.7 Å². The maximum Gasteiger partial charge on any atom is 0.331 e. The van der Waals surface area contributed by atoms with Gasteiger partial charge in [-0.15, -0.1) is 0 Å². The van der Waals surface area contributed by atoms with Crippen LogP contribution in [0.25, 0.3) is 10.9 Å². The molecule has 2 N–H and O–H groups in total. The van der Waals surface area contributed by atoms with Crippen molar-refractivity contribution in [2.24, 2.45) is 0 Å². The molecule has 0 spiro atoms. The van der Waals surface area contributed by atoms with Crippen molar-refractivity contribution in [2.75, 3.05) is 0 Å². The summed E-state index contributed by atoms with van der Waals surface area (Å²) in [7, 11) is 0. The highest BCUT2D eigenvalue weighted by Gasteiger charge is 2.18. The fourth-order valence-electron chi connectivity index (χ4n) is 3.00. The number of amides is 2. The highest BCUT2D eigenvalue weighted by molar-refractivity contribution is 5.85. The molecule has 10 heteroatoms. The Morgan fingerprint density at radius 1 is 1.03 bits per heavy atom. The van der Waals surface area contributed by atoms with E-state index in [1.54, 1.807) is 37.3 Å². The molecule has 0 aliphatic heterocycles. The highest BCUT2D eigenvalue weighted by Crippen LogP contribution is 2.16. The molecule has 9 nitrogen and oxygen atoms in total. The lowest BCUT2D eigenvalue weighted by Crippen LogP contribution is -2.49. The Balaban J connectivity index is 1.71. The number of halogens is 1. The van der Waals surface area contributed by atoms with Gasteiger partial charge in [0.25, 0.3) is 17.4 Å². The fraction of sp³-hybridized carbons (Fsp3) is 0.238. The van der Waals surface area contributed by atoms with Crippen molar-refractivity contribution in [1.82, 2.24) is 20.0 Å². The fourth-order valence-corrected chi connectivity index (χ4v) is 3.00. The monoisotopic (exact) mass is 428 g/mol. The Hall–Kier alpha value is -3.95. The number of para-hydroxylation sites is 2. The van der Waals surface area contributed by atoms with Crippen molar-refractivity contribution < 1.29 is 18.7 Å². The Morgan fingerprint density at radius 3 is 2.42 bits per heavy atom. The van der Waals surface area contributed by atoms with Crippen molar-refractivity contribution in [3.05, 3.63) is 75.2 Å². The molecule has 0 saturated carbocycles. The van der Waals surface area contributed by atoms with Crippen LogP contribution in [0.4, 0.5) is 4.39 Å². The summed E-state index contributed by atoms with van der Waals surface area (Å²) < 4.78 is 21.1. The summed E-state index contributed by atoms with van der Waals surface area (Å²) in [6.07, 6.45) is -1.09. The number of hydrogen-bond donors (Lipinski definition) is 2. The molecule has 31 heavy (non-hydrogen) atoms. The molecule has 3 rings (SSSR count). The van der Waals surface area contributed by atoms with Crippen LogP contribution in [-0.4, -0.2) is 27.1 Å². The molecule has 1 unspecified atom stereocenters. The minimum atomic E-state index is -1.09. The lowest BCUT2D eigenvalue weighted by molar-refractivity contribution is -0.133.